The van der Waals surface area contributed by atoms with Gasteiger partial charge in [-0.25, -0.2) is 14.7 Å². The number of nitrogens with one attached hydrogen (secondary N) is 1. The maximum absolute atomic E-state index is 13.4. The number of nitrogens with two attached hydrogens (primary N) is 1. The predicted octanol–water partition coefficient (Wildman–Crippen LogP) is 3.89. The first kappa shape index (κ1) is 28.1. The summed E-state index contributed by atoms with van der Waals surface area (Å²) in [6.45, 7) is 6.17. The van der Waals surface area contributed by atoms with Gasteiger partial charge in [0.05, 0.1) is 12.2 Å². The maximum atomic E-state index is 13.4. The summed E-state index contributed by atoms with van der Waals surface area (Å²) in [5.74, 6) is 1.58. The Kier molecular flexibility index (Phi) is 8.16. The van der Waals surface area contributed by atoms with Crippen LogP contribution in [-0.4, -0.2) is 54.0 Å². The maximum Gasteiger partial charge on any atom is 0.283 e. The number of ether oxygens (including phenoxy) is 1. The van der Waals surface area contributed by atoms with Crippen LogP contribution in [0.3, 0.4) is 0 Å². The quantitative estimate of drug-likeness (QED) is 0.290. The minimum absolute atomic E-state index is 0.166. The van der Waals surface area contributed by atoms with E-state index in [1.807, 2.05) is 0 Å². The van der Waals surface area contributed by atoms with Gasteiger partial charge in [0.15, 0.2) is 16.7 Å². The molecule has 3 N–H and O–H groups in total. The van der Waals surface area contributed by atoms with Gasteiger partial charge in [-0.05, 0) is 76.0 Å². The van der Waals surface area contributed by atoms with Crippen LogP contribution < -0.4 is 15.4 Å². The second-order valence-electron chi connectivity index (χ2n) is 11.7. The van der Waals surface area contributed by atoms with Crippen molar-refractivity contribution in [2.75, 3.05) is 18.1 Å². The van der Waals surface area contributed by atoms with Gasteiger partial charge in [-0.15, -0.1) is 0 Å². The summed E-state index contributed by atoms with van der Waals surface area (Å²) in [4.78, 5) is 24.6. The van der Waals surface area contributed by atoms with E-state index in [9.17, 15) is 13.2 Å². The van der Waals surface area contributed by atoms with E-state index in [2.05, 4.69) is 33.6 Å². The molecule has 3 aliphatic rings. The molecule has 1 saturated carbocycles. The fourth-order valence-electron chi connectivity index (χ4n) is 5.60. The van der Waals surface area contributed by atoms with Gasteiger partial charge in [-0.3, -0.25) is 9.48 Å². The van der Waals surface area contributed by atoms with E-state index in [1.54, 1.807) is 29.1 Å². The molecule has 2 fully saturated rings. The summed E-state index contributed by atoms with van der Waals surface area (Å²) in [5.41, 5.74) is 5.85. The molecule has 1 saturated heterocycles. The highest BCUT2D eigenvalue weighted by Crippen LogP contribution is 2.40. The van der Waals surface area contributed by atoms with E-state index < -0.39 is 15.9 Å². The average molecular weight is 570 g/mol. The lowest BCUT2D eigenvalue weighted by molar-refractivity contribution is 0.0981. The van der Waals surface area contributed by atoms with E-state index in [-0.39, 0.29) is 22.0 Å². The molecule has 12 heteroatoms. The van der Waals surface area contributed by atoms with Crippen LogP contribution in [0.15, 0.2) is 46.4 Å². The Morgan fingerprint density at radius 1 is 1.25 bits per heavy atom. The number of nitrogens with zero attached hydrogens (tertiary/aromatic N) is 5. The number of rotatable bonds is 7. The molecular weight excluding hydrogens is 530 g/mol. The zero-order valence-corrected chi connectivity index (χ0v) is 24.1. The summed E-state index contributed by atoms with van der Waals surface area (Å²) in [6, 6.07) is 4.57. The number of sulfonamides is 1. The van der Waals surface area contributed by atoms with E-state index in [1.165, 1.54) is 31.5 Å². The van der Waals surface area contributed by atoms with E-state index in [4.69, 9.17) is 15.5 Å². The van der Waals surface area contributed by atoms with Crippen LogP contribution >= 0.6 is 0 Å². The fraction of sp³-hybridized carbons (Fsp3) is 0.571. The molecule has 1 aliphatic carbocycles. The Hall–Kier alpha value is -3.41. The summed E-state index contributed by atoms with van der Waals surface area (Å²) in [5, 5.41) is 3.99. The highest BCUT2D eigenvalue weighted by Gasteiger charge is 2.40. The van der Waals surface area contributed by atoms with Crippen molar-refractivity contribution in [2.24, 2.45) is 22.6 Å². The second kappa shape index (κ2) is 11.6. The molecular formula is C28H39N7O4S. The number of allylic oxidation sites excluding steroid dienone is 1. The molecule has 11 nitrogen and oxygen atoms in total. The van der Waals surface area contributed by atoms with Gasteiger partial charge in [0.1, 0.15) is 5.82 Å². The molecule has 0 aromatic carbocycles. The van der Waals surface area contributed by atoms with E-state index >= 15 is 0 Å². The summed E-state index contributed by atoms with van der Waals surface area (Å²) >= 11 is 0. The first-order valence-electron chi connectivity index (χ1n) is 14.1. The lowest BCUT2D eigenvalue weighted by Crippen LogP contribution is -2.41. The van der Waals surface area contributed by atoms with Crippen LogP contribution in [0.1, 0.15) is 75.6 Å². The van der Waals surface area contributed by atoms with E-state index in [0.717, 1.165) is 38.0 Å². The van der Waals surface area contributed by atoms with Crippen LogP contribution in [0.5, 0.6) is 0 Å². The van der Waals surface area contributed by atoms with Gasteiger partial charge in [0.2, 0.25) is 0 Å². The number of amides is 1. The van der Waals surface area contributed by atoms with Gasteiger partial charge >= 0.3 is 0 Å². The molecule has 216 valence electrons. The van der Waals surface area contributed by atoms with Crippen LogP contribution in [0.2, 0.25) is 0 Å². The Morgan fingerprint density at radius 3 is 2.88 bits per heavy atom. The largest absolute Gasteiger partial charge is 0.479 e. The number of pyridine rings is 1. The third-order valence-corrected chi connectivity index (χ3v) is 9.08. The zero-order chi connectivity index (χ0) is 28.3. The van der Waals surface area contributed by atoms with Crippen LogP contribution in [0, 0.1) is 11.8 Å². The molecule has 1 atom stereocenters. The molecule has 4 heterocycles. The Morgan fingerprint density at radius 2 is 2.08 bits per heavy atom. The standard InChI is InChI=1S/C28H39N7O4S/c1-28(2)18-21-6-3-4-15-34-16-13-25(32-34)40(37,38)33-27(36)22-10-11-24(31-26(22)35(28)19-21)30-14-12-23(29)39-17-5-7-20-8-9-20/h10-14,16,20-21H,3-9,15,17-19,29H2,1-2H3,(H,33,36)/b23-12+,30-14?. The summed E-state index contributed by atoms with van der Waals surface area (Å²) in [7, 11) is -4.16. The van der Waals surface area contributed by atoms with Crippen molar-refractivity contribution in [3.8, 4) is 0 Å². The molecule has 2 aliphatic heterocycles. The van der Waals surface area contributed by atoms with Crippen molar-refractivity contribution in [3.05, 3.63) is 41.9 Å². The van der Waals surface area contributed by atoms with Gasteiger partial charge < -0.3 is 15.4 Å². The summed E-state index contributed by atoms with van der Waals surface area (Å²) < 4.78 is 35.3. The average Bonchev–Trinajstić information content (AvgIpc) is 3.49. The number of carbonyl (C=O) groups excluding carboxylic acids is 1. The zero-order valence-electron chi connectivity index (χ0n) is 23.3. The highest BCUT2D eigenvalue weighted by atomic mass is 32.2. The van der Waals surface area contributed by atoms with Crippen molar-refractivity contribution in [1.29, 1.82) is 0 Å². The lowest BCUT2D eigenvalue weighted by Gasteiger charge is -2.33. The number of aromatic nitrogens is 3. The molecule has 1 amide bonds. The first-order valence-corrected chi connectivity index (χ1v) is 15.6. The number of fused-ring (bicyclic) bond motifs is 6. The van der Waals surface area contributed by atoms with E-state index in [0.29, 0.717) is 37.3 Å². The third-order valence-electron chi connectivity index (χ3n) is 7.86. The van der Waals surface area contributed by atoms with Crippen molar-refractivity contribution < 1.29 is 17.9 Å². The second-order valence-corrected chi connectivity index (χ2v) is 13.3. The molecule has 2 aromatic rings. The molecule has 0 spiro atoms. The van der Waals surface area contributed by atoms with Crippen molar-refractivity contribution >= 4 is 33.8 Å². The van der Waals surface area contributed by atoms with Gasteiger partial charge in [-0.1, -0.05) is 19.3 Å². The Bertz CT molecular complexity index is 1400. The third kappa shape index (κ3) is 6.83. The highest BCUT2D eigenvalue weighted by molar-refractivity contribution is 7.90. The van der Waals surface area contributed by atoms with Crippen molar-refractivity contribution in [1.82, 2.24) is 19.5 Å². The molecule has 4 bridgehead atoms. The van der Waals surface area contributed by atoms with Gasteiger partial charge in [-0.2, -0.15) is 13.5 Å². The van der Waals surface area contributed by atoms with Crippen LogP contribution in [0.25, 0.3) is 0 Å². The molecule has 40 heavy (non-hydrogen) atoms. The van der Waals surface area contributed by atoms with Gasteiger partial charge in [0.25, 0.3) is 15.9 Å². The number of anilines is 1. The lowest BCUT2D eigenvalue weighted by atomic mass is 9.93. The first-order chi connectivity index (χ1) is 19.1. The molecule has 2 aromatic heterocycles. The van der Waals surface area contributed by atoms with Gasteiger partial charge in [0, 0.05) is 37.1 Å². The number of aliphatic imine (C=N–C) groups is 1. The normalized spacial score (nSPS) is 22.9. The number of carbonyl (C=O) groups is 1. The fourth-order valence-corrected chi connectivity index (χ4v) is 6.51. The summed E-state index contributed by atoms with van der Waals surface area (Å²) in [6.07, 6.45) is 13.4. The van der Waals surface area contributed by atoms with Crippen LogP contribution in [-0.2, 0) is 21.3 Å². The number of hydrogen-bond acceptors (Lipinski definition) is 9. The molecule has 1 unspecified atom stereocenters. The minimum atomic E-state index is -4.16. The predicted molar refractivity (Wildman–Crippen MR) is 153 cm³/mol. The monoisotopic (exact) mass is 569 g/mol. The Labute approximate surface area is 235 Å². The molecule has 5 rings (SSSR count). The number of hydrogen-bond donors (Lipinski definition) is 2. The smallest absolute Gasteiger partial charge is 0.283 e. The van der Waals surface area contributed by atoms with Crippen molar-refractivity contribution in [3.63, 3.8) is 0 Å². The van der Waals surface area contributed by atoms with Crippen molar-refractivity contribution in [2.45, 2.75) is 82.3 Å². The van der Waals surface area contributed by atoms with Crippen LogP contribution in [0.4, 0.5) is 11.6 Å². The number of aryl methyl sites for hydroxylation is 1. The topological polar surface area (TPSA) is 145 Å². The molecule has 0 radical (unpaired) electrons. The minimum Gasteiger partial charge on any atom is -0.479 e. The SMILES string of the molecule is CC1(C)CC2CCCCn3ccc(n3)S(=O)(=O)NC(=O)c3ccc(N=C/C=C(\N)OCCCC4CC4)nc3N1C2. The Balaban J connectivity index is 1.40.